The molecule has 1 N–H and O–H groups in total. The van der Waals surface area contributed by atoms with Gasteiger partial charge in [-0.15, -0.1) is 0 Å². The van der Waals surface area contributed by atoms with Gasteiger partial charge in [0.2, 0.25) is 0 Å². The molecular weight excluding hydrogens is 298 g/mol. The van der Waals surface area contributed by atoms with E-state index in [0.717, 1.165) is 0 Å². The van der Waals surface area contributed by atoms with Crippen molar-refractivity contribution in [2.75, 3.05) is 4.90 Å². The number of hydrogen-bond donors (Lipinski definition) is 1. The third-order valence-corrected chi connectivity index (χ3v) is 2.90. The number of anilines is 2. The first-order valence-corrected chi connectivity index (χ1v) is 7.02. The van der Waals surface area contributed by atoms with Gasteiger partial charge in [-0.25, -0.2) is 14.5 Å². The van der Waals surface area contributed by atoms with Crippen LogP contribution in [0.25, 0.3) is 0 Å². The molecule has 0 aliphatic carbocycles. The van der Waals surface area contributed by atoms with Crippen LogP contribution in [-0.2, 0) is 11.8 Å². The lowest BCUT2D eigenvalue weighted by atomic mass is 10.2. The number of benzene rings is 1. The lowest BCUT2D eigenvalue weighted by Gasteiger charge is -2.26. The molecule has 0 fully saturated rings. The zero-order valence-electron chi connectivity index (χ0n) is 13.5. The highest BCUT2D eigenvalue weighted by Crippen LogP contribution is 2.27. The molecule has 0 spiro atoms. The molecule has 0 radical (unpaired) electrons. The fourth-order valence-corrected chi connectivity index (χ4v) is 1.94. The number of carbonyl (C=O) groups is 2. The monoisotopic (exact) mass is 317 g/mol. The molecule has 0 aliphatic heterocycles. The second-order valence-electron chi connectivity index (χ2n) is 6.04. The SMILES string of the molecule is Cn1cc(N(C(=O)OC(C)(C)C)c2ccc(C(=O)O)cc2)cn1. The Balaban J connectivity index is 2.41. The average Bonchev–Trinajstić information content (AvgIpc) is 2.84. The number of rotatable bonds is 3. The number of carbonyl (C=O) groups excluding carboxylic acids is 1. The summed E-state index contributed by atoms with van der Waals surface area (Å²) >= 11 is 0. The fourth-order valence-electron chi connectivity index (χ4n) is 1.94. The maximum absolute atomic E-state index is 12.5. The zero-order valence-corrected chi connectivity index (χ0v) is 13.5. The summed E-state index contributed by atoms with van der Waals surface area (Å²) in [7, 11) is 1.74. The molecule has 0 saturated carbocycles. The Morgan fingerprint density at radius 2 is 1.78 bits per heavy atom. The van der Waals surface area contributed by atoms with E-state index in [-0.39, 0.29) is 5.56 Å². The molecule has 7 nitrogen and oxygen atoms in total. The van der Waals surface area contributed by atoms with Crippen molar-refractivity contribution in [3.8, 4) is 0 Å². The van der Waals surface area contributed by atoms with Crippen LogP contribution in [-0.4, -0.2) is 32.6 Å². The van der Waals surface area contributed by atoms with E-state index in [9.17, 15) is 9.59 Å². The third kappa shape index (κ3) is 4.09. The predicted octanol–water partition coefficient (Wildman–Crippen LogP) is 3.19. The second-order valence-corrected chi connectivity index (χ2v) is 6.04. The summed E-state index contributed by atoms with van der Waals surface area (Å²) in [5.74, 6) is -1.03. The molecule has 0 saturated heterocycles. The molecule has 2 rings (SSSR count). The number of carboxylic acid groups (broad SMARTS) is 1. The summed E-state index contributed by atoms with van der Waals surface area (Å²) in [6.07, 6.45) is 2.65. The van der Waals surface area contributed by atoms with Gasteiger partial charge < -0.3 is 9.84 Å². The number of ether oxygens (including phenoxy) is 1. The van der Waals surface area contributed by atoms with Crippen molar-refractivity contribution in [3.63, 3.8) is 0 Å². The number of aromatic carboxylic acids is 1. The van der Waals surface area contributed by atoms with Gasteiger partial charge >= 0.3 is 12.1 Å². The van der Waals surface area contributed by atoms with Crippen molar-refractivity contribution in [3.05, 3.63) is 42.2 Å². The molecule has 0 bridgehead atoms. The largest absolute Gasteiger partial charge is 0.478 e. The van der Waals surface area contributed by atoms with Crippen LogP contribution in [0.5, 0.6) is 0 Å². The van der Waals surface area contributed by atoms with Crippen LogP contribution < -0.4 is 4.90 Å². The summed E-state index contributed by atoms with van der Waals surface area (Å²) < 4.78 is 7.00. The van der Waals surface area contributed by atoms with Gasteiger partial charge in [-0.3, -0.25) is 4.68 Å². The Morgan fingerprint density at radius 1 is 1.17 bits per heavy atom. The van der Waals surface area contributed by atoms with Crippen LogP contribution in [0.2, 0.25) is 0 Å². The van der Waals surface area contributed by atoms with Gasteiger partial charge in [0.25, 0.3) is 0 Å². The number of hydrogen-bond acceptors (Lipinski definition) is 4. The fraction of sp³-hybridized carbons (Fsp3) is 0.312. The molecule has 23 heavy (non-hydrogen) atoms. The summed E-state index contributed by atoms with van der Waals surface area (Å²) in [6.45, 7) is 5.33. The predicted molar refractivity (Wildman–Crippen MR) is 85.0 cm³/mol. The van der Waals surface area contributed by atoms with Crippen LogP contribution in [0.3, 0.4) is 0 Å². The minimum Gasteiger partial charge on any atom is -0.478 e. The molecule has 0 aliphatic rings. The number of aromatic nitrogens is 2. The van der Waals surface area contributed by atoms with E-state index in [2.05, 4.69) is 5.10 Å². The van der Waals surface area contributed by atoms with Crippen molar-refractivity contribution in [1.82, 2.24) is 9.78 Å². The van der Waals surface area contributed by atoms with Gasteiger partial charge in [-0.2, -0.15) is 5.10 Å². The molecule has 1 aromatic heterocycles. The standard InChI is InChI=1S/C16H19N3O4/c1-16(2,3)23-15(22)19(13-9-17-18(4)10-13)12-7-5-11(6-8-12)14(20)21/h5-10H,1-4H3,(H,20,21). The molecular formula is C16H19N3O4. The molecule has 2 aromatic rings. The van der Waals surface area contributed by atoms with Gasteiger partial charge in [0.15, 0.2) is 0 Å². The van der Waals surface area contributed by atoms with Crippen LogP contribution in [0.15, 0.2) is 36.7 Å². The minimum absolute atomic E-state index is 0.143. The lowest BCUT2D eigenvalue weighted by molar-refractivity contribution is 0.0598. The molecule has 1 amide bonds. The van der Waals surface area contributed by atoms with Gasteiger partial charge in [-0.1, -0.05) is 0 Å². The van der Waals surface area contributed by atoms with Crippen LogP contribution >= 0.6 is 0 Å². The molecule has 122 valence electrons. The number of carboxylic acids is 1. The molecule has 1 aromatic carbocycles. The summed E-state index contributed by atoms with van der Waals surface area (Å²) in [6, 6.07) is 5.98. The van der Waals surface area contributed by atoms with E-state index in [0.29, 0.717) is 11.4 Å². The lowest BCUT2D eigenvalue weighted by Crippen LogP contribution is -2.33. The van der Waals surface area contributed by atoms with Crippen LogP contribution in [0, 0.1) is 0 Å². The van der Waals surface area contributed by atoms with Gasteiger partial charge in [-0.05, 0) is 45.0 Å². The van der Waals surface area contributed by atoms with E-state index in [1.54, 1.807) is 50.8 Å². The first-order valence-electron chi connectivity index (χ1n) is 7.02. The van der Waals surface area contributed by atoms with Crippen molar-refractivity contribution in [1.29, 1.82) is 0 Å². The Labute approximate surface area is 134 Å². The number of aryl methyl sites for hydroxylation is 1. The molecule has 1 heterocycles. The first-order chi connectivity index (χ1) is 10.7. The highest BCUT2D eigenvalue weighted by molar-refractivity contribution is 5.96. The Hall–Kier alpha value is -2.83. The van der Waals surface area contributed by atoms with E-state index < -0.39 is 17.7 Å². The van der Waals surface area contributed by atoms with Crippen LogP contribution in [0.4, 0.5) is 16.2 Å². The summed E-state index contributed by atoms with van der Waals surface area (Å²) in [4.78, 5) is 24.8. The second kappa shape index (κ2) is 6.12. The van der Waals surface area contributed by atoms with E-state index in [1.165, 1.54) is 23.2 Å². The maximum atomic E-state index is 12.5. The first kappa shape index (κ1) is 16.5. The van der Waals surface area contributed by atoms with Crippen molar-refractivity contribution in [2.45, 2.75) is 26.4 Å². The normalized spacial score (nSPS) is 11.1. The summed E-state index contributed by atoms with van der Waals surface area (Å²) in [5, 5.41) is 13.0. The molecule has 0 unspecified atom stereocenters. The van der Waals surface area contributed by atoms with Crippen LogP contribution in [0.1, 0.15) is 31.1 Å². The highest BCUT2D eigenvalue weighted by Gasteiger charge is 2.26. The maximum Gasteiger partial charge on any atom is 0.419 e. The number of nitrogens with zero attached hydrogens (tertiary/aromatic N) is 3. The van der Waals surface area contributed by atoms with Crippen molar-refractivity contribution < 1.29 is 19.4 Å². The minimum atomic E-state index is -1.03. The van der Waals surface area contributed by atoms with E-state index in [1.807, 2.05) is 0 Å². The Morgan fingerprint density at radius 3 is 2.22 bits per heavy atom. The van der Waals surface area contributed by atoms with Gasteiger partial charge in [0.1, 0.15) is 5.60 Å². The van der Waals surface area contributed by atoms with Gasteiger partial charge in [0, 0.05) is 13.2 Å². The number of amides is 1. The molecule has 7 heteroatoms. The summed E-state index contributed by atoms with van der Waals surface area (Å²) in [5.41, 5.74) is 0.518. The van der Waals surface area contributed by atoms with Crippen molar-refractivity contribution in [2.24, 2.45) is 7.05 Å². The van der Waals surface area contributed by atoms with Gasteiger partial charge in [0.05, 0.1) is 23.1 Å². The van der Waals surface area contributed by atoms with Crippen molar-refractivity contribution >= 4 is 23.4 Å². The smallest absolute Gasteiger partial charge is 0.419 e. The highest BCUT2D eigenvalue weighted by atomic mass is 16.6. The molecule has 0 atom stereocenters. The zero-order chi connectivity index (χ0) is 17.2. The topological polar surface area (TPSA) is 84.7 Å². The Kier molecular flexibility index (Phi) is 4.40. The quantitative estimate of drug-likeness (QED) is 0.939. The van der Waals surface area contributed by atoms with E-state index >= 15 is 0 Å². The van der Waals surface area contributed by atoms with E-state index in [4.69, 9.17) is 9.84 Å². The average molecular weight is 317 g/mol. The third-order valence-electron chi connectivity index (χ3n) is 2.90. The Bertz CT molecular complexity index is 714.